The lowest BCUT2D eigenvalue weighted by molar-refractivity contribution is -0.153. The number of hydrogen-bond acceptors (Lipinski definition) is 6. The number of fused-ring (bicyclic) bond motifs is 5. The molecule has 0 spiro atoms. The molecule has 0 aromatic rings. The van der Waals surface area contributed by atoms with Gasteiger partial charge in [-0.3, -0.25) is 9.59 Å². The fourth-order valence-corrected chi connectivity index (χ4v) is 10.6. The number of carbonyl (C=O) groups is 2. The second kappa shape index (κ2) is 18.9. The first-order chi connectivity index (χ1) is 23.3. The molecule has 5 N–H and O–H groups in total. The Hall–Kier alpha value is -1.44. The molecular formula is C42H76N4O3. The first-order valence-electron chi connectivity index (χ1n) is 20.7. The van der Waals surface area contributed by atoms with Crippen molar-refractivity contribution in [1.29, 1.82) is 0 Å². The molecule has 9 unspecified atom stereocenters. The van der Waals surface area contributed by atoms with Crippen LogP contribution in [0.1, 0.15) is 157 Å². The molecule has 4 aliphatic rings. The number of esters is 1. The molecule has 7 heteroatoms. The molecule has 0 bridgehead atoms. The number of amides is 1. The summed E-state index contributed by atoms with van der Waals surface area (Å²) in [4.78, 5) is 28.2. The lowest BCUT2D eigenvalue weighted by atomic mass is 9.47. The molecule has 0 aromatic heterocycles. The molecule has 49 heavy (non-hydrogen) atoms. The van der Waals surface area contributed by atoms with Gasteiger partial charge in [0, 0.05) is 38.0 Å². The van der Waals surface area contributed by atoms with Gasteiger partial charge in [0.2, 0.25) is 5.91 Å². The van der Waals surface area contributed by atoms with Gasteiger partial charge in [-0.2, -0.15) is 0 Å². The van der Waals surface area contributed by atoms with Crippen molar-refractivity contribution in [1.82, 2.24) is 10.2 Å². The fourth-order valence-electron chi connectivity index (χ4n) is 10.6. The Balaban J connectivity index is 1.23. The van der Waals surface area contributed by atoms with Gasteiger partial charge in [-0.05, 0) is 144 Å². The first kappa shape index (κ1) is 40.3. The maximum absolute atomic E-state index is 13.2. The molecule has 3 fully saturated rings. The van der Waals surface area contributed by atoms with Gasteiger partial charge in [-0.25, -0.2) is 0 Å². The number of allylic oxidation sites excluding steroid dienone is 1. The van der Waals surface area contributed by atoms with E-state index < -0.39 is 0 Å². The highest BCUT2D eigenvalue weighted by atomic mass is 16.5. The lowest BCUT2D eigenvalue weighted by Gasteiger charge is -2.58. The minimum atomic E-state index is -0.222. The summed E-state index contributed by atoms with van der Waals surface area (Å²) in [7, 11) is 0. The minimum absolute atomic E-state index is 0.0359. The van der Waals surface area contributed by atoms with Crippen molar-refractivity contribution in [3.8, 4) is 0 Å². The molecule has 1 amide bonds. The Bertz CT molecular complexity index is 1070. The average Bonchev–Trinajstić information content (AvgIpc) is 3.38. The van der Waals surface area contributed by atoms with E-state index in [-0.39, 0.29) is 48.3 Å². The van der Waals surface area contributed by atoms with E-state index in [4.69, 9.17) is 16.2 Å². The SMILES string of the molecule is CC(C)CCCCC1CCC2C3CC=C4CC(OC(=O)CCC(=O)N(CCCCNCCC(C)N)CCC(C)N)CCC4(C)C3CCC12C. The van der Waals surface area contributed by atoms with E-state index in [2.05, 4.69) is 39.1 Å². The Morgan fingerprint density at radius 1 is 0.878 bits per heavy atom. The molecule has 282 valence electrons. The Kier molecular flexibility index (Phi) is 15.5. The van der Waals surface area contributed by atoms with E-state index in [1.54, 1.807) is 5.57 Å². The van der Waals surface area contributed by atoms with E-state index in [1.807, 2.05) is 18.7 Å². The number of ether oxygens (including phenoxy) is 1. The molecule has 3 saturated carbocycles. The number of hydrogen-bond donors (Lipinski definition) is 3. The van der Waals surface area contributed by atoms with Gasteiger partial charge in [-0.1, -0.05) is 58.6 Å². The van der Waals surface area contributed by atoms with Crippen LogP contribution in [0.15, 0.2) is 11.6 Å². The second-order valence-electron chi connectivity index (χ2n) is 18.0. The van der Waals surface area contributed by atoms with Crippen molar-refractivity contribution in [2.75, 3.05) is 26.2 Å². The summed E-state index contributed by atoms with van der Waals surface area (Å²) in [5.41, 5.74) is 14.2. The van der Waals surface area contributed by atoms with Crippen molar-refractivity contribution in [2.24, 2.45) is 51.9 Å². The number of nitrogens with zero attached hydrogens (tertiary/aromatic N) is 1. The maximum Gasteiger partial charge on any atom is 0.306 e. The van der Waals surface area contributed by atoms with Crippen molar-refractivity contribution < 1.29 is 14.3 Å². The van der Waals surface area contributed by atoms with Gasteiger partial charge in [0.15, 0.2) is 0 Å². The van der Waals surface area contributed by atoms with Crippen LogP contribution in [0.2, 0.25) is 0 Å². The average molecular weight is 685 g/mol. The number of nitrogens with one attached hydrogen (secondary N) is 1. The van der Waals surface area contributed by atoms with Crippen molar-refractivity contribution in [2.45, 2.75) is 175 Å². The molecule has 9 atom stereocenters. The van der Waals surface area contributed by atoms with Gasteiger partial charge >= 0.3 is 5.97 Å². The summed E-state index contributed by atoms with van der Waals surface area (Å²) in [5, 5.41) is 3.44. The van der Waals surface area contributed by atoms with E-state index in [9.17, 15) is 9.59 Å². The van der Waals surface area contributed by atoms with Crippen LogP contribution in [0.4, 0.5) is 0 Å². The highest BCUT2D eigenvalue weighted by Gasteiger charge is 2.58. The van der Waals surface area contributed by atoms with Gasteiger partial charge in [0.05, 0.1) is 6.42 Å². The van der Waals surface area contributed by atoms with Crippen LogP contribution in [0.25, 0.3) is 0 Å². The predicted molar refractivity (Wildman–Crippen MR) is 203 cm³/mol. The molecule has 0 saturated heterocycles. The zero-order valence-electron chi connectivity index (χ0n) is 32.6. The Labute approximate surface area is 300 Å². The molecule has 0 aromatic carbocycles. The summed E-state index contributed by atoms with van der Waals surface area (Å²) in [6, 6.07) is 0.253. The van der Waals surface area contributed by atoms with E-state index in [1.165, 1.54) is 57.8 Å². The van der Waals surface area contributed by atoms with E-state index >= 15 is 0 Å². The molecule has 7 nitrogen and oxygen atoms in total. The summed E-state index contributed by atoms with van der Waals surface area (Å²) < 4.78 is 6.08. The highest BCUT2D eigenvalue weighted by Crippen LogP contribution is 2.66. The van der Waals surface area contributed by atoms with Crippen molar-refractivity contribution in [3.63, 3.8) is 0 Å². The highest BCUT2D eigenvalue weighted by molar-refractivity contribution is 5.81. The van der Waals surface area contributed by atoms with Gasteiger partial charge < -0.3 is 26.4 Å². The van der Waals surface area contributed by atoms with Crippen LogP contribution in [-0.4, -0.2) is 61.1 Å². The molecule has 0 aliphatic heterocycles. The smallest absolute Gasteiger partial charge is 0.306 e. The number of nitrogens with two attached hydrogens (primary N) is 2. The van der Waals surface area contributed by atoms with E-state index in [0.29, 0.717) is 18.5 Å². The van der Waals surface area contributed by atoms with Crippen LogP contribution < -0.4 is 16.8 Å². The number of unbranched alkanes of at least 4 members (excludes halogenated alkanes) is 2. The maximum atomic E-state index is 13.2. The Morgan fingerprint density at radius 2 is 1.65 bits per heavy atom. The largest absolute Gasteiger partial charge is 0.462 e. The summed E-state index contributed by atoms with van der Waals surface area (Å²) >= 11 is 0. The minimum Gasteiger partial charge on any atom is -0.462 e. The molecule has 0 radical (unpaired) electrons. The van der Waals surface area contributed by atoms with Crippen LogP contribution in [0.3, 0.4) is 0 Å². The van der Waals surface area contributed by atoms with Crippen LogP contribution >= 0.6 is 0 Å². The molecule has 4 rings (SSSR count). The molecule has 0 heterocycles. The van der Waals surface area contributed by atoms with Gasteiger partial charge in [-0.15, -0.1) is 0 Å². The monoisotopic (exact) mass is 685 g/mol. The standard InChI is InChI=1S/C42H76N4O3/c1-30(2)11-7-8-12-33-14-16-37-36-15-13-34-29-35(19-23-42(34,6)38(36)20-24-41(33,37)5)49-40(48)18-17-39(47)46(28-22-32(4)44)27-10-9-25-45-26-21-31(3)43/h13,30-33,35-38,45H,7-12,14-29,43-44H2,1-6H3. The first-order valence-corrected chi connectivity index (χ1v) is 20.7. The Morgan fingerprint density at radius 3 is 2.39 bits per heavy atom. The zero-order valence-corrected chi connectivity index (χ0v) is 32.6. The third-order valence-electron chi connectivity index (χ3n) is 13.7. The fraction of sp³-hybridized carbons (Fsp3) is 0.905. The van der Waals surface area contributed by atoms with Crippen molar-refractivity contribution >= 4 is 11.9 Å². The summed E-state index contributed by atoms with van der Waals surface area (Å²) in [5.74, 6) is 4.02. The lowest BCUT2D eigenvalue weighted by Crippen LogP contribution is -2.50. The molecular weight excluding hydrogens is 608 g/mol. The third kappa shape index (κ3) is 11.0. The van der Waals surface area contributed by atoms with E-state index in [0.717, 1.165) is 87.6 Å². The van der Waals surface area contributed by atoms with Crippen LogP contribution in [0.5, 0.6) is 0 Å². The number of rotatable bonds is 20. The van der Waals surface area contributed by atoms with Crippen molar-refractivity contribution in [3.05, 3.63) is 11.6 Å². The molecule has 4 aliphatic carbocycles. The van der Waals surface area contributed by atoms with Crippen LogP contribution in [0, 0.1) is 40.4 Å². The zero-order chi connectivity index (χ0) is 35.6. The van der Waals surface area contributed by atoms with Gasteiger partial charge in [0.1, 0.15) is 6.10 Å². The quantitative estimate of drug-likeness (QED) is 0.0678. The number of carbonyl (C=O) groups excluding carboxylic acids is 2. The topological polar surface area (TPSA) is 111 Å². The summed E-state index contributed by atoms with van der Waals surface area (Å²) in [6.45, 7) is 17.1. The normalized spacial score (nSPS) is 32.1. The second-order valence-corrected chi connectivity index (χ2v) is 18.0. The third-order valence-corrected chi connectivity index (χ3v) is 13.7. The van der Waals surface area contributed by atoms with Crippen LogP contribution in [-0.2, 0) is 14.3 Å². The van der Waals surface area contributed by atoms with Gasteiger partial charge in [0.25, 0.3) is 0 Å². The summed E-state index contributed by atoms with van der Waals surface area (Å²) in [6.07, 6.45) is 21.9. The predicted octanol–water partition coefficient (Wildman–Crippen LogP) is 8.15.